The molecule has 2 fully saturated rings. The van der Waals surface area contributed by atoms with E-state index in [1.807, 2.05) is 37.8 Å². The Morgan fingerprint density at radius 2 is 2.00 bits per heavy atom. The Morgan fingerprint density at radius 3 is 2.64 bits per heavy atom. The number of aliphatic hydroxyl groups excluding tert-OH is 1. The smallest absolute Gasteiger partial charge is 0.411 e. The van der Waals surface area contributed by atoms with E-state index in [1.54, 1.807) is 0 Å². The standard InChI is InChI=1S/C20H28N2O3/c1-20(2,3)25-19(24)22-17-11-16(9-10-23)18(22)14-21(13-17)12-15-7-5-4-6-8-15/h4-9,17-18,23H,10-14H2,1-3H3/b16-9+/t17-,18?/m1/s1. The van der Waals surface area contributed by atoms with Gasteiger partial charge in [-0.25, -0.2) is 4.79 Å². The lowest BCUT2D eigenvalue weighted by Gasteiger charge is -2.41. The summed E-state index contributed by atoms with van der Waals surface area (Å²) in [7, 11) is 0. The first-order chi connectivity index (χ1) is 11.9. The van der Waals surface area contributed by atoms with Crippen molar-refractivity contribution >= 4 is 6.09 Å². The number of likely N-dealkylation sites (tertiary alicyclic amines) is 1. The lowest BCUT2D eigenvalue weighted by atomic mass is 10.1. The van der Waals surface area contributed by atoms with Crippen molar-refractivity contribution in [3.63, 3.8) is 0 Å². The summed E-state index contributed by atoms with van der Waals surface area (Å²) in [4.78, 5) is 17.0. The third kappa shape index (κ3) is 4.22. The van der Waals surface area contributed by atoms with Gasteiger partial charge in [-0.1, -0.05) is 36.4 Å². The van der Waals surface area contributed by atoms with Crippen molar-refractivity contribution in [2.45, 2.75) is 51.4 Å². The number of fused-ring (bicyclic) bond motifs is 2. The maximum atomic E-state index is 12.7. The van der Waals surface area contributed by atoms with Gasteiger partial charge in [0.25, 0.3) is 0 Å². The van der Waals surface area contributed by atoms with Crippen LogP contribution < -0.4 is 0 Å². The van der Waals surface area contributed by atoms with E-state index in [2.05, 4.69) is 29.2 Å². The average Bonchev–Trinajstić information content (AvgIpc) is 2.75. The molecule has 0 aromatic heterocycles. The van der Waals surface area contributed by atoms with Gasteiger partial charge in [0, 0.05) is 19.6 Å². The first-order valence-corrected chi connectivity index (χ1v) is 8.95. The van der Waals surface area contributed by atoms with E-state index in [9.17, 15) is 9.90 Å². The molecule has 1 amide bonds. The molecule has 2 heterocycles. The molecule has 2 aliphatic rings. The van der Waals surface area contributed by atoms with Crippen LogP contribution in [0.25, 0.3) is 0 Å². The van der Waals surface area contributed by atoms with Gasteiger partial charge in [0.05, 0.1) is 18.7 Å². The van der Waals surface area contributed by atoms with E-state index in [0.717, 1.165) is 31.6 Å². The minimum Gasteiger partial charge on any atom is -0.444 e. The molecule has 2 atom stereocenters. The van der Waals surface area contributed by atoms with Crippen LogP contribution in [0.5, 0.6) is 0 Å². The molecule has 1 unspecified atom stereocenters. The first-order valence-electron chi connectivity index (χ1n) is 8.95. The summed E-state index contributed by atoms with van der Waals surface area (Å²) in [6.07, 6.45) is 2.42. The molecular weight excluding hydrogens is 316 g/mol. The van der Waals surface area contributed by atoms with E-state index in [0.29, 0.717) is 0 Å². The zero-order chi connectivity index (χ0) is 18.0. The van der Waals surface area contributed by atoms with Crippen LogP contribution in [0.15, 0.2) is 42.0 Å². The van der Waals surface area contributed by atoms with Gasteiger partial charge in [-0.15, -0.1) is 0 Å². The lowest BCUT2D eigenvalue weighted by molar-refractivity contribution is -0.00357. The van der Waals surface area contributed by atoms with E-state index in [4.69, 9.17) is 4.74 Å². The molecule has 5 nitrogen and oxygen atoms in total. The topological polar surface area (TPSA) is 53.0 Å². The molecule has 25 heavy (non-hydrogen) atoms. The number of carbonyl (C=O) groups excluding carboxylic acids is 1. The monoisotopic (exact) mass is 344 g/mol. The molecule has 5 heteroatoms. The molecule has 136 valence electrons. The summed E-state index contributed by atoms with van der Waals surface area (Å²) in [6.45, 7) is 8.17. The highest BCUT2D eigenvalue weighted by Gasteiger charge is 2.46. The van der Waals surface area contributed by atoms with E-state index in [-0.39, 0.29) is 24.8 Å². The Kier molecular flexibility index (Phi) is 5.16. The van der Waals surface area contributed by atoms with Gasteiger partial charge in [-0.3, -0.25) is 9.80 Å². The molecular formula is C20H28N2O3. The molecule has 2 aliphatic heterocycles. The summed E-state index contributed by atoms with van der Waals surface area (Å²) in [5.41, 5.74) is 1.92. The van der Waals surface area contributed by atoms with Crippen LogP contribution in [0.2, 0.25) is 0 Å². The SMILES string of the molecule is CC(C)(C)OC(=O)N1C2CN(Cc3ccccc3)C[C@H]1C/C2=C\CO. The fourth-order valence-electron chi connectivity index (χ4n) is 3.81. The second kappa shape index (κ2) is 7.18. The first kappa shape index (κ1) is 18.0. The number of hydrogen-bond acceptors (Lipinski definition) is 4. The molecule has 1 aromatic rings. The zero-order valence-electron chi connectivity index (χ0n) is 15.3. The van der Waals surface area contributed by atoms with Gasteiger partial charge in [0.2, 0.25) is 0 Å². The summed E-state index contributed by atoms with van der Waals surface area (Å²) < 4.78 is 5.62. The second-order valence-electron chi connectivity index (χ2n) is 7.90. The van der Waals surface area contributed by atoms with Gasteiger partial charge in [0.1, 0.15) is 5.60 Å². The van der Waals surface area contributed by atoms with E-state index in [1.165, 1.54) is 5.56 Å². The van der Waals surface area contributed by atoms with Gasteiger partial charge < -0.3 is 9.84 Å². The van der Waals surface area contributed by atoms with Crippen molar-refractivity contribution in [1.82, 2.24) is 9.80 Å². The fourth-order valence-corrected chi connectivity index (χ4v) is 3.81. The Labute approximate surface area is 149 Å². The molecule has 2 saturated heterocycles. The fraction of sp³-hybridized carbons (Fsp3) is 0.550. The number of carbonyl (C=O) groups is 1. The zero-order valence-corrected chi connectivity index (χ0v) is 15.3. The second-order valence-corrected chi connectivity index (χ2v) is 7.90. The maximum Gasteiger partial charge on any atom is 0.411 e. The maximum absolute atomic E-state index is 12.7. The number of amides is 1. The Balaban J connectivity index is 1.76. The molecule has 0 aliphatic carbocycles. The molecule has 0 radical (unpaired) electrons. The summed E-state index contributed by atoms with van der Waals surface area (Å²) in [6, 6.07) is 10.5. The highest BCUT2D eigenvalue weighted by molar-refractivity contribution is 5.71. The molecule has 1 aromatic carbocycles. The number of benzene rings is 1. The predicted octanol–water partition coefficient (Wildman–Crippen LogP) is 2.80. The summed E-state index contributed by atoms with van der Waals surface area (Å²) in [5, 5.41) is 9.33. The van der Waals surface area contributed by atoms with Crippen molar-refractivity contribution < 1.29 is 14.6 Å². The van der Waals surface area contributed by atoms with Crippen molar-refractivity contribution in [3.05, 3.63) is 47.5 Å². The highest BCUT2D eigenvalue weighted by Crippen LogP contribution is 2.36. The number of rotatable bonds is 3. The van der Waals surface area contributed by atoms with Crippen LogP contribution in [-0.2, 0) is 11.3 Å². The van der Waals surface area contributed by atoms with Crippen LogP contribution in [0.3, 0.4) is 0 Å². The molecule has 3 rings (SSSR count). The number of piperazine rings is 1. The Bertz CT molecular complexity index is 636. The molecule has 1 N–H and O–H groups in total. The van der Waals surface area contributed by atoms with E-state index >= 15 is 0 Å². The number of ether oxygens (including phenoxy) is 1. The van der Waals surface area contributed by atoms with Gasteiger partial charge in [-0.2, -0.15) is 0 Å². The Morgan fingerprint density at radius 1 is 1.28 bits per heavy atom. The van der Waals surface area contributed by atoms with Crippen LogP contribution in [-0.4, -0.2) is 58.4 Å². The van der Waals surface area contributed by atoms with Crippen molar-refractivity contribution in [2.24, 2.45) is 0 Å². The molecule has 0 spiro atoms. The largest absolute Gasteiger partial charge is 0.444 e. The van der Waals surface area contributed by atoms with Crippen molar-refractivity contribution in [2.75, 3.05) is 19.7 Å². The van der Waals surface area contributed by atoms with Crippen LogP contribution in [0.1, 0.15) is 32.8 Å². The minimum atomic E-state index is -0.501. The summed E-state index contributed by atoms with van der Waals surface area (Å²) >= 11 is 0. The number of nitrogens with zero attached hydrogens (tertiary/aromatic N) is 2. The van der Waals surface area contributed by atoms with Gasteiger partial charge in [-0.05, 0) is 38.3 Å². The normalized spacial score (nSPS) is 25.4. The lowest BCUT2D eigenvalue weighted by Crippen LogP contribution is -2.56. The average molecular weight is 344 g/mol. The highest BCUT2D eigenvalue weighted by atomic mass is 16.6. The van der Waals surface area contributed by atoms with Crippen LogP contribution >= 0.6 is 0 Å². The quantitative estimate of drug-likeness (QED) is 0.857. The van der Waals surface area contributed by atoms with Crippen LogP contribution in [0.4, 0.5) is 4.79 Å². The van der Waals surface area contributed by atoms with Crippen LogP contribution in [0, 0.1) is 0 Å². The molecule has 2 bridgehead atoms. The number of hydrogen-bond donors (Lipinski definition) is 1. The predicted molar refractivity (Wildman–Crippen MR) is 97.2 cm³/mol. The van der Waals surface area contributed by atoms with E-state index < -0.39 is 5.60 Å². The van der Waals surface area contributed by atoms with Crippen molar-refractivity contribution in [1.29, 1.82) is 0 Å². The van der Waals surface area contributed by atoms with Gasteiger partial charge in [0.15, 0.2) is 0 Å². The minimum absolute atomic E-state index is 0.00976. The number of aliphatic hydroxyl groups is 1. The third-order valence-corrected chi connectivity index (χ3v) is 4.74. The Hall–Kier alpha value is -1.85. The van der Waals surface area contributed by atoms with Crippen molar-refractivity contribution in [3.8, 4) is 0 Å². The third-order valence-electron chi connectivity index (χ3n) is 4.74. The summed E-state index contributed by atoms with van der Waals surface area (Å²) in [5.74, 6) is 0. The molecule has 0 saturated carbocycles. The van der Waals surface area contributed by atoms with Gasteiger partial charge >= 0.3 is 6.09 Å².